The molecule has 0 heterocycles. The Hall–Kier alpha value is -1.35. The first kappa shape index (κ1) is 13.6. The standard InChI is InChI=1S/C17H23NO2/c1-17(20,15-9-10-15)16(19)18-11-12-5-7-14(8-6-12)13-3-2-4-13/h5-8,13,15,20H,2-4,9-11H2,1H3,(H,18,19). The van der Waals surface area contributed by atoms with E-state index in [9.17, 15) is 9.90 Å². The van der Waals surface area contributed by atoms with Crippen molar-refractivity contribution in [1.29, 1.82) is 0 Å². The maximum Gasteiger partial charge on any atom is 0.252 e. The van der Waals surface area contributed by atoms with Gasteiger partial charge in [-0.3, -0.25) is 4.79 Å². The van der Waals surface area contributed by atoms with Crippen LogP contribution in [0, 0.1) is 5.92 Å². The van der Waals surface area contributed by atoms with Crippen LogP contribution < -0.4 is 5.32 Å². The Morgan fingerprint density at radius 2 is 1.90 bits per heavy atom. The molecule has 1 atom stereocenters. The van der Waals surface area contributed by atoms with Crippen LogP contribution in [0.15, 0.2) is 24.3 Å². The summed E-state index contributed by atoms with van der Waals surface area (Å²) in [5.74, 6) is 0.640. The number of benzene rings is 1. The zero-order valence-corrected chi connectivity index (χ0v) is 12.1. The Morgan fingerprint density at radius 1 is 1.25 bits per heavy atom. The molecular formula is C17H23NO2. The quantitative estimate of drug-likeness (QED) is 0.866. The Balaban J connectivity index is 1.54. The van der Waals surface area contributed by atoms with Gasteiger partial charge >= 0.3 is 0 Å². The second-order valence-electron chi connectivity index (χ2n) is 6.47. The molecule has 2 fully saturated rings. The fourth-order valence-electron chi connectivity index (χ4n) is 2.84. The van der Waals surface area contributed by atoms with Crippen molar-refractivity contribution in [3.8, 4) is 0 Å². The lowest BCUT2D eigenvalue weighted by atomic mass is 9.80. The van der Waals surface area contributed by atoms with E-state index in [1.807, 2.05) is 0 Å². The highest BCUT2D eigenvalue weighted by molar-refractivity contribution is 5.85. The Bertz CT molecular complexity index is 484. The predicted octanol–water partition coefficient (Wildman–Crippen LogP) is 2.73. The predicted molar refractivity (Wildman–Crippen MR) is 78.2 cm³/mol. The van der Waals surface area contributed by atoms with Crippen molar-refractivity contribution >= 4 is 5.91 Å². The first-order chi connectivity index (χ1) is 9.57. The molecule has 1 aromatic rings. The number of rotatable bonds is 5. The van der Waals surface area contributed by atoms with Crippen molar-refractivity contribution < 1.29 is 9.90 Å². The summed E-state index contributed by atoms with van der Waals surface area (Å²) in [6, 6.07) is 8.51. The molecule has 2 N–H and O–H groups in total. The minimum absolute atomic E-state index is 0.142. The van der Waals surface area contributed by atoms with Crippen molar-refractivity contribution in [3.05, 3.63) is 35.4 Å². The molecule has 3 rings (SSSR count). The summed E-state index contributed by atoms with van der Waals surface area (Å²) in [6.07, 6.45) is 5.87. The average molecular weight is 273 g/mol. The lowest BCUT2D eigenvalue weighted by Crippen LogP contribution is -2.45. The number of aliphatic hydroxyl groups is 1. The summed E-state index contributed by atoms with van der Waals surface area (Å²) >= 11 is 0. The van der Waals surface area contributed by atoms with Gasteiger partial charge < -0.3 is 10.4 Å². The Morgan fingerprint density at radius 3 is 2.40 bits per heavy atom. The molecule has 0 saturated heterocycles. The number of hydrogen-bond donors (Lipinski definition) is 2. The van der Waals surface area contributed by atoms with E-state index in [0.29, 0.717) is 6.54 Å². The largest absolute Gasteiger partial charge is 0.380 e. The van der Waals surface area contributed by atoms with Gasteiger partial charge in [0.1, 0.15) is 5.60 Å². The van der Waals surface area contributed by atoms with Crippen LogP contribution in [0.2, 0.25) is 0 Å². The van der Waals surface area contributed by atoms with Crippen LogP contribution in [0.1, 0.15) is 56.1 Å². The van der Waals surface area contributed by atoms with E-state index >= 15 is 0 Å². The molecule has 2 aliphatic rings. The van der Waals surface area contributed by atoms with Crippen LogP contribution in [-0.2, 0) is 11.3 Å². The molecule has 2 aliphatic carbocycles. The molecule has 0 aliphatic heterocycles. The van der Waals surface area contributed by atoms with Crippen molar-refractivity contribution in [1.82, 2.24) is 5.32 Å². The SMILES string of the molecule is CC(O)(C(=O)NCc1ccc(C2CCC2)cc1)C1CC1. The van der Waals surface area contributed by atoms with Crippen LogP contribution in [-0.4, -0.2) is 16.6 Å². The zero-order chi connectivity index (χ0) is 14.2. The molecule has 108 valence electrons. The highest BCUT2D eigenvalue weighted by atomic mass is 16.3. The molecule has 1 unspecified atom stereocenters. The molecule has 0 spiro atoms. The van der Waals surface area contributed by atoms with Gasteiger partial charge in [0.25, 0.3) is 5.91 Å². The van der Waals surface area contributed by atoms with Crippen LogP contribution in [0.3, 0.4) is 0 Å². The molecule has 1 aromatic carbocycles. The molecular weight excluding hydrogens is 250 g/mol. The van der Waals surface area contributed by atoms with Gasteiger partial charge in [-0.15, -0.1) is 0 Å². The first-order valence-electron chi connectivity index (χ1n) is 7.67. The van der Waals surface area contributed by atoms with Gasteiger partial charge in [-0.2, -0.15) is 0 Å². The zero-order valence-electron chi connectivity index (χ0n) is 12.1. The topological polar surface area (TPSA) is 49.3 Å². The van der Waals surface area contributed by atoms with E-state index in [4.69, 9.17) is 0 Å². The van der Waals surface area contributed by atoms with E-state index < -0.39 is 5.60 Å². The Labute approximate surface area is 120 Å². The highest BCUT2D eigenvalue weighted by Crippen LogP contribution is 2.39. The fourth-order valence-corrected chi connectivity index (χ4v) is 2.84. The summed E-state index contributed by atoms with van der Waals surface area (Å²) in [7, 11) is 0. The minimum atomic E-state index is -1.20. The third-order valence-corrected chi connectivity index (χ3v) is 4.84. The summed E-state index contributed by atoms with van der Waals surface area (Å²) in [5.41, 5.74) is 1.30. The van der Waals surface area contributed by atoms with Crippen molar-refractivity contribution in [2.45, 2.75) is 57.1 Å². The highest BCUT2D eigenvalue weighted by Gasteiger charge is 2.45. The van der Waals surface area contributed by atoms with Gasteiger partial charge in [0.15, 0.2) is 0 Å². The summed E-state index contributed by atoms with van der Waals surface area (Å²) in [6.45, 7) is 2.12. The second-order valence-corrected chi connectivity index (χ2v) is 6.47. The number of nitrogens with one attached hydrogen (secondary N) is 1. The number of amides is 1. The van der Waals surface area contributed by atoms with Crippen molar-refractivity contribution in [2.24, 2.45) is 5.92 Å². The van der Waals surface area contributed by atoms with Gasteiger partial charge in [0.05, 0.1) is 0 Å². The monoisotopic (exact) mass is 273 g/mol. The molecule has 1 amide bonds. The maximum absolute atomic E-state index is 12.0. The van der Waals surface area contributed by atoms with Gasteiger partial charge in [-0.25, -0.2) is 0 Å². The van der Waals surface area contributed by atoms with E-state index in [2.05, 4.69) is 29.6 Å². The molecule has 0 aromatic heterocycles. The van der Waals surface area contributed by atoms with E-state index in [-0.39, 0.29) is 11.8 Å². The minimum Gasteiger partial charge on any atom is -0.380 e. The van der Waals surface area contributed by atoms with Crippen LogP contribution >= 0.6 is 0 Å². The van der Waals surface area contributed by atoms with Gasteiger partial charge in [0.2, 0.25) is 0 Å². The number of carbonyl (C=O) groups is 1. The maximum atomic E-state index is 12.0. The molecule has 0 bridgehead atoms. The third-order valence-electron chi connectivity index (χ3n) is 4.84. The number of carbonyl (C=O) groups excluding carboxylic acids is 1. The van der Waals surface area contributed by atoms with Gasteiger partial charge in [-0.05, 0) is 55.6 Å². The third kappa shape index (κ3) is 2.73. The normalized spacial score (nSPS) is 21.9. The van der Waals surface area contributed by atoms with E-state index in [0.717, 1.165) is 24.3 Å². The van der Waals surface area contributed by atoms with Crippen LogP contribution in [0.5, 0.6) is 0 Å². The van der Waals surface area contributed by atoms with Gasteiger partial charge in [0, 0.05) is 6.54 Å². The second kappa shape index (κ2) is 5.21. The van der Waals surface area contributed by atoms with Gasteiger partial charge in [-0.1, -0.05) is 30.7 Å². The van der Waals surface area contributed by atoms with Crippen LogP contribution in [0.25, 0.3) is 0 Å². The molecule has 20 heavy (non-hydrogen) atoms. The summed E-state index contributed by atoms with van der Waals surface area (Å²) < 4.78 is 0. The smallest absolute Gasteiger partial charge is 0.252 e. The van der Waals surface area contributed by atoms with E-state index in [1.165, 1.54) is 24.8 Å². The molecule has 3 heteroatoms. The van der Waals surface area contributed by atoms with Crippen molar-refractivity contribution in [3.63, 3.8) is 0 Å². The lowest BCUT2D eigenvalue weighted by molar-refractivity contribution is -0.140. The number of hydrogen-bond acceptors (Lipinski definition) is 2. The summed E-state index contributed by atoms with van der Waals surface area (Å²) in [4.78, 5) is 12.0. The lowest BCUT2D eigenvalue weighted by Gasteiger charge is -2.26. The van der Waals surface area contributed by atoms with Crippen LogP contribution in [0.4, 0.5) is 0 Å². The Kier molecular flexibility index (Phi) is 3.55. The van der Waals surface area contributed by atoms with Crippen molar-refractivity contribution in [2.75, 3.05) is 0 Å². The molecule has 0 radical (unpaired) electrons. The fraction of sp³-hybridized carbons (Fsp3) is 0.588. The first-order valence-corrected chi connectivity index (χ1v) is 7.67. The molecule has 2 saturated carbocycles. The van der Waals surface area contributed by atoms with E-state index in [1.54, 1.807) is 6.92 Å². The molecule has 3 nitrogen and oxygen atoms in total. The summed E-state index contributed by atoms with van der Waals surface area (Å²) in [5, 5.41) is 13.0. The average Bonchev–Trinajstić information content (AvgIpc) is 3.20.